The second kappa shape index (κ2) is 13.7. The van der Waals surface area contributed by atoms with Gasteiger partial charge in [-0.05, 0) is 80.3 Å². The van der Waals surface area contributed by atoms with Crippen molar-refractivity contribution in [2.24, 2.45) is 5.73 Å². The summed E-state index contributed by atoms with van der Waals surface area (Å²) in [5.41, 5.74) is 13.1. The first kappa shape index (κ1) is 29.6. The lowest BCUT2D eigenvalue weighted by atomic mass is 9.92. The van der Waals surface area contributed by atoms with Crippen LogP contribution >= 0.6 is 24.8 Å². The maximum absolute atomic E-state index is 12.5. The molecule has 1 atom stereocenters. The molecule has 0 bridgehead atoms. The quantitative estimate of drug-likeness (QED) is 0.197. The first-order valence-electron chi connectivity index (χ1n) is 13.0. The van der Waals surface area contributed by atoms with Crippen molar-refractivity contribution in [2.75, 3.05) is 25.5 Å². The number of benzene rings is 2. The standard InChI is InChI=1S/C29H35N5O2.2ClH/c1-36-20-12-13-27-23(17-20)28(22-9-3-5-11-26(22)34-27)31-14-6-7-15-32-29(35)24(30)16-19-18-33-25-10-4-2-8-21(19)25;;/h2,4,8,10,12-13,17-18,24,33H,3,5-7,9,11,14-16,30H2,1H3,(H,31,34)(H,32,35);2*1H/t24-;;/m0../s1. The number of anilines is 1. The smallest absolute Gasteiger partial charge is 0.237 e. The third-order valence-electron chi connectivity index (χ3n) is 7.13. The van der Waals surface area contributed by atoms with E-state index in [2.05, 4.69) is 27.8 Å². The normalized spacial score (nSPS) is 13.2. The lowest BCUT2D eigenvalue weighted by molar-refractivity contribution is -0.122. The number of fused-ring (bicyclic) bond motifs is 3. The number of amides is 1. The molecule has 4 aromatic rings. The van der Waals surface area contributed by atoms with Crippen LogP contribution in [0, 0.1) is 0 Å². The van der Waals surface area contributed by atoms with Crippen LogP contribution in [0.5, 0.6) is 5.75 Å². The lowest BCUT2D eigenvalue weighted by Crippen LogP contribution is -2.42. The van der Waals surface area contributed by atoms with Crippen LogP contribution in [-0.4, -0.2) is 42.1 Å². The fourth-order valence-corrected chi connectivity index (χ4v) is 5.17. The van der Waals surface area contributed by atoms with Gasteiger partial charge in [0.15, 0.2) is 0 Å². The average molecular weight is 559 g/mol. The number of hydrogen-bond acceptors (Lipinski definition) is 5. The van der Waals surface area contributed by atoms with Gasteiger partial charge in [-0.1, -0.05) is 18.2 Å². The van der Waals surface area contributed by atoms with Crippen LogP contribution in [-0.2, 0) is 24.1 Å². The molecular weight excluding hydrogens is 521 g/mol. The highest BCUT2D eigenvalue weighted by Crippen LogP contribution is 2.35. The van der Waals surface area contributed by atoms with Crippen LogP contribution in [0.2, 0.25) is 0 Å². The van der Waals surface area contributed by atoms with Gasteiger partial charge in [0.1, 0.15) is 5.75 Å². The zero-order valence-corrected chi connectivity index (χ0v) is 23.4. The first-order chi connectivity index (χ1) is 17.6. The van der Waals surface area contributed by atoms with E-state index in [0.29, 0.717) is 13.0 Å². The first-order valence-corrected chi connectivity index (χ1v) is 13.0. The summed E-state index contributed by atoms with van der Waals surface area (Å²) in [4.78, 5) is 20.7. The van der Waals surface area contributed by atoms with E-state index in [0.717, 1.165) is 65.3 Å². The number of nitrogens with two attached hydrogens (primary N) is 1. The summed E-state index contributed by atoms with van der Waals surface area (Å²) >= 11 is 0. The molecule has 7 nitrogen and oxygen atoms in total. The highest BCUT2D eigenvalue weighted by molar-refractivity contribution is 5.94. The van der Waals surface area contributed by atoms with Crippen molar-refractivity contribution in [3.63, 3.8) is 0 Å². The van der Waals surface area contributed by atoms with Crippen molar-refractivity contribution in [3.8, 4) is 5.75 Å². The molecule has 5 N–H and O–H groups in total. The Bertz CT molecular complexity index is 1370. The van der Waals surface area contributed by atoms with Crippen LogP contribution in [0.3, 0.4) is 0 Å². The molecule has 2 heterocycles. The summed E-state index contributed by atoms with van der Waals surface area (Å²) in [6.45, 7) is 1.45. The number of carbonyl (C=O) groups is 1. The molecule has 0 saturated carbocycles. The molecule has 0 aliphatic heterocycles. The largest absolute Gasteiger partial charge is 0.497 e. The SMILES string of the molecule is COc1ccc2nc3c(c(NCCCCNC(=O)[C@@H](N)Cc4c[nH]c5ccccc45)c2c1)CCCC3.Cl.Cl. The van der Waals surface area contributed by atoms with Gasteiger partial charge < -0.3 is 26.1 Å². The Labute approximate surface area is 236 Å². The highest BCUT2D eigenvalue weighted by atomic mass is 35.5. The van der Waals surface area contributed by atoms with Crippen LogP contribution in [0.1, 0.15) is 42.5 Å². The number of hydrogen-bond donors (Lipinski definition) is 4. The molecule has 2 aromatic heterocycles. The fraction of sp³-hybridized carbons (Fsp3) is 0.379. The summed E-state index contributed by atoms with van der Waals surface area (Å²) in [6, 6.07) is 13.6. The Morgan fingerprint density at radius 2 is 1.87 bits per heavy atom. The molecule has 0 unspecified atom stereocenters. The molecular formula is C29H37Cl2N5O2. The number of carbonyl (C=O) groups excluding carboxylic acids is 1. The molecule has 5 rings (SSSR count). The zero-order valence-electron chi connectivity index (χ0n) is 21.7. The van der Waals surface area contributed by atoms with Crippen LogP contribution in [0.25, 0.3) is 21.8 Å². The zero-order chi connectivity index (χ0) is 24.9. The Kier molecular flexibility index (Phi) is 10.6. The van der Waals surface area contributed by atoms with Crippen molar-refractivity contribution in [1.29, 1.82) is 0 Å². The second-order valence-electron chi connectivity index (χ2n) is 9.60. The van der Waals surface area contributed by atoms with E-state index in [-0.39, 0.29) is 30.7 Å². The van der Waals surface area contributed by atoms with Gasteiger partial charge in [0, 0.05) is 47.0 Å². The molecule has 1 aliphatic rings. The van der Waals surface area contributed by atoms with E-state index >= 15 is 0 Å². The van der Waals surface area contributed by atoms with Crippen LogP contribution in [0.15, 0.2) is 48.7 Å². The summed E-state index contributed by atoms with van der Waals surface area (Å²) in [5.74, 6) is 0.740. The molecule has 2 aromatic carbocycles. The monoisotopic (exact) mass is 557 g/mol. The molecule has 9 heteroatoms. The number of aromatic amines is 1. The third kappa shape index (κ3) is 6.52. The number of ether oxygens (including phenoxy) is 1. The Hall–Kier alpha value is -3.00. The lowest BCUT2D eigenvalue weighted by Gasteiger charge is -2.22. The summed E-state index contributed by atoms with van der Waals surface area (Å²) < 4.78 is 5.47. The molecule has 0 spiro atoms. The number of nitrogens with zero attached hydrogens (tertiary/aromatic N) is 1. The number of rotatable bonds is 10. The van der Waals surface area contributed by atoms with E-state index in [1.165, 1.54) is 29.8 Å². The maximum atomic E-state index is 12.5. The summed E-state index contributed by atoms with van der Waals surface area (Å²) in [6.07, 6.45) is 8.78. The fourth-order valence-electron chi connectivity index (χ4n) is 5.17. The number of halogens is 2. The van der Waals surface area contributed by atoms with Gasteiger partial charge in [-0.15, -0.1) is 24.8 Å². The van der Waals surface area contributed by atoms with Crippen LogP contribution in [0.4, 0.5) is 5.69 Å². The van der Waals surface area contributed by atoms with Crippen molar-refractivity contribution in [2.45, 2.75) is 51.0 Å². The second-order valence-corrected chi connectivity index (χ2v) is 9.60. The van der Waals surface area contributed by atoms with Gasteiger partial charge in [0.25, 0.3) is 0 Å². The van der Waals surface area contributed by atoms with Crippen molar-refractivity contribution in [1.82, 2.24) is 15.3 Å². The average Bonchev–Trinajstić information content (AvgIpc) is 3.32. The van der Waals surface area contributed by atoms with Gasteiger partial charge in [0.2, 0.25) is 5.91 Å². The van der Waals surface area contributed by atoms with Gasteiger partial charge in [0.05, 0.1) is 18.7 Å². The highest BCUT2D eigenvalue weighted by Gasteiger charge is 2.19. The Morgan fingerprint density at radius 1 is 1.08 bits per heavy atom. The number of methoxy groups -OCH3 is 1. The molecule has 1 aliphatic carbocycles. The molecule has 0 fully saturated rings. The minimum absolute atomic E-state index is 0. The number of aromatic nitrogens is 2. The number of nitrogens with one attached hydrogen (secondary N) is 3. The minimum Gasteiger partial charge on any atom is -0.497 e. The molecule has 0 radical (unpaired) electrons. The van der Waals surface area contributed by atoms with Crippen molar-refractivity contribution in [3.05, 3.63) is 65.5 Å². The van der Waals surface area contributed by atoms with E-state index in [4.69, 9.17) is 15.5 Å². The van der Waals surface area contributed by atoms with E-state index in [1.54, 1.807) is 7.11 Å². The molecule has 1 amide bonds. The van der Waals surface area contributed by atoms with Gasteiger partial charge in [-0.2, -0.15) is 0 Å². The predicted molar refractivity (Wildman–Crippen MR) is 160 cm³/mol. The van der Waals surface area contributed by atoms with E-state index in [1.807, 2.05) is 36.5 Å². The summed E-state index contributed by atoms with van der Waals surface area (Å²) in [5, 5.41) is 8.93. The minimum atomic E-state index is -0.563. The topological polar surface area (TPSA) is 105 Å². The number of pyridine rings is 1. The molecule has 204 valence electrons. The molecule has 0 saturated heterocycles. The number of aryl methyl sites for hydroxylation is 1. The van der Waals surface area contributed by atoms with Crippen molar-refractivity contribution >= 4 is 58.2 Å². The van der Waals surface area contributed by atoms with E-state index < -0.39 is 6.04 Å². The Morgan fingerprint density at radius 3 is 2.71 bits per heavy atom. The molecule has 38 heavy (non-hydrogen) atoms. The van der Waals surface area contributed by atoms with Crippen molar-refractivity contribution < 1.29 is 9.53 Å². The van der Waals surface area contributed by atoms with Crippen LogP contribution < -0.4 is 21.1 Å². The van der Waals surface area contributed by atoms with E-state index in [9.17, 15) is 4.79 Å². The number of H-pyrrole nitrogens is 1. The van der Waals surface area contributed by atoms with Gasteiger partial charge in [-0.25, -0.2) is 0 Å². The summed E-state index contributed by atoms with van der Waals surface area (Å²) in [7, 11) is 1.70. The number of para-hydroxylation sites is 1. The van der Waals surface area contributed by atoms with Gasteiger partial charge >= 0.3 is 0 Å². The third-order valence-corrected chi connectivity index (χ3v) is 7.13. The van der Waals surface area contributed by atoms with Gasteiger partial charge in [-0.3, -0.25) is 9.78 Å². The Balaban J connectivity index is 0.00000200. The predicted octanol–water partition coefficient (Wildman–Crippen LogP) is 5.33. The number of unbranched alkanes of at least 4 members (excludes halogenated alkanes) is 1. The maximum Gasteiger partial charge on any atom is 0.237 e.